The first-order chi connectivity index (χ1) is 13.3. The molecule has 0 saturated carbocycles. The lowest BCUT2D eigenvalue weighted by atomic mass is 10.0. The Morgan fingerprint density at radius 1 is 1.26 bits per heavy atom. The maximum atomic E-state index is 7.64. The molecule has 2 aromatic heterocycles. The van der Waals surface area contributed by atoms with Gasteiger partial charge < -0.3 is 20.4 Å². The Morgan fingerprint density at radius 3 is 2.89 bits per heavy atom. The molecule has 1 aliphatic heterocycles. The van der Waals surface area contributed by atoms with Crippen molar-refractivity contribution in [2.75, 3.05) is 38.3 Å². The fraction of sp³-hybridized carbons (Fsp3) is 0.263. The second-order valence-corrected chi connectivity index (χ2v) is 6.23. The van der Waals surface area contributed by atoms with Gasteiger partial charge in [0.15, 0.2) is 0 Å². The summed E-state index contributed by atoms with van der Waals surface area (Å²) in [7, 11) is 1.82. The highest BCUT2D eigenvalue weighted by atomic mass is 16.5. The summed E-state index contributed by atoms with van der Waals surface area (Å²) in [6.45, 7) is 3.05. The van der Waals surface area contributed by atoms with Gasteiger partial charge in [-0.25, -0.2) is 9.97 Å². The second kappa shape index (κ2) is 7.55. The maximum absolute atomic E-state index is 7.64. The average Bonchev–Trinajstić information content (AvgIpc) is 3.16. The topological polar surface area (TPSA) is 103 Å². The number of H-pyrrole nitrogens is 1. The van der Waals surface area contributed by atoms with E-state index in [0.717, 1.165) is 52.3 Å². The van der Waals surface area contributed by atoms with Crippen molar-refractivity contribution in [3.8, 4) is 11.4 Å². The number of ether oxygens (including phenoxy) is 1. The van der Waals surface area contributed by atoms with Crippen molar-refractivity contribution >= 4 is 28.5 Å². The smallest absolute Gasteiger partial charge is 0.132 e. The van der Waals surface area contributed by atoms with Crippen LogP contribution in [-0.2, 0) is 4.74 Å². The van der Waals surface area contributed by atoms with E-state index >= 15 is 0 Å². The molecule has 4 rings (SSSR count). The van der Waals surface area contributed by atoms with Crippen molar-refractivity contribution in [3.05, 3.63) is 42.4 Å². The zero-order chi connectivity index (χ0) is 18.6. The van der Waals surface area contributed by atoms with Gasteiger partial charge in [0.05, 0.1) is 24.4 Å². The average molecular weight is 363 g/mol. The third kappa shape index (κ3) is 3.39. The number of morpholine rings is 1. The Balaban J connectivity index is 1.75. The van der Waals surface area contributed by atoms with E-state index in [-0.39, 0.29) is 0 Å². The Kier molecular flexibility index (Phi) is 4.80. The predicted molar refractivity (Wildman–Crippen MR) is 106 cm³/mol. The lowest BCUT2D eigenvalue weighted by Crippen LogP contribution is -2.36. The number of nitrogens with one attached hydrogen (secondary N) is 3. The number of hydrogen-bond donors (Lipinski definition) is 3. The van der Waals surface area contributed by atoms with E-state index < -0.39 is 0 Å². The molecule has 1 fully saturated rings. The van der Waals surface area contributed by atoms with Crippen LogP contribution in [0.15, 0.2) is 36.8 Å². The van der Waals surface area contributed by atoms with Crippen LogP contribution in [0.3, 0.4) is 0 Å². The van der Waals surface area contributed by atoms with E-state index in [1.165, 1.54) is 6.21 Å². The Bertz CT molecular complexity index is 989. The zero-order valence-corrected chi connectivity index (χ0v) is 15.1. The molecule has 0 atom stereocenters. The van der Waals surface area contributed by atoms with Gasteiger partial charge in [-0.3, -0.25) is 5.10 Å². The minimum absolute atomic E-state index is 0.707. The van der Waals surface area contributed by atoms with Gasteiger partial charge in [-0.15, -0.1) is 0 Å². The molecule has 0 aliphatic carbocycles. The van der Waals surface area contributed by atoms with E-state index in [0.29, 0.717) is 13.2 Å². The number of anilines is 1. The van der Waals surface area contributed by atoms with Gasteiger partial charge in [0.2, 0.25) is 0 Å². The maximum Gasteiger partial charge on any atom is 0.132 e. The number of rotatable bonds is 5. The molecule has 3 heterocycles. The SMILES string of the molecule is CN/C=C(\C=N)c1ccc2[nH]nc(-c3cc(N4CCOCC4)ncn3)c2c1. The largest absolute Gasteiger partial charge is 0.393 e. The molecule has 3 aromatic rings. The summed E-state index contributed by atoms with van der Waals surface area (Å²) in [6, 6.07) is 7.93. The van der Waals surface area contributed by atoms with Crippen molar-refractivity contribution in [2.24, 2.45) is 0 Å². The molecule has 1 aromatic carbocycles. The molecular formula is C19H21N7O. The monoisotopic (exact) mass is 363 g/mol. The molecule has 0 radical (unpaired) electrons. The highest BCUT2D eigenvalue weighted by Crippen LogP contribution is 2.29. The van der Waals surface area contributed by atoms with Gasteiger partial charge in [0, 0.05) is 49.6 Å². The van der Waals surface area contributed by atoms with E-state index in [1.807, 2.05) is 31.3 Å². The summed E-state index contributed by atoms with van der Waals surface area (Å²) in [5, 5.41) is 19.1. The highest BCUT2D eigenvalue weighted by molar-refractivity contribution is 6.09. The van der Waals surface area contributed by atoms with Crippen LogP contribution in [0.2, 0.25) is 0 Å². The van der Waals surface area contributed by atoms with Gasteiger partial charge in [-0.2, -0.15) is 5.10 Å². The molecule has 138 valence electrons. The van der Waals surface area contributed by atoms with E-state index in [2.05, 4.69) is 30.4 Å². The number of benzene rings is 1. The van der Waals surface area contributed by atoms with Crippen molar-refractivity contribution in [1.82, 2.24) is 25.5 Å². The first-order valence-corrected chi connectivity index (χ1v) is 8.81. The molecule has 27 heavy (non-hydrogen) atoms. The summed E-state index contributed by atoms with van der Waals surface area (Å²) >= 11 is 0. The molecular weight excluding hydrogens is 342 g/mol. The van der Waals surface area contributed by atoms with Gasteiger partial charge in [0.25, 0.3) is 0 Å². The number of aromatic nitrogens is 4. The number of fused-ring (bicyclic) bond motifs is 1. The first-order valence-electron chi connectivity index (χ1n) is 8.81. The minimum atomic E-state index is 0.707. The number of hydrogen-bond acceptors (Lipinski definition) is 7. The molecule has 1 aliphatic rings. The molecule has 8 nitrogen and oxygen atoms in total. The molecule has 0 bridgehead atoms. The number of aromatic amines is 1. The van der Waals surface area contributed by atoms with Crippen LogP contribution < -0.4 is 10.2 Å². The highest BCUT2D eigenvalue weighted by Gasteiger charge is 2.16. The molecule has 1 saturated heterocycles. The number of nitrogens with zero attached hydrogens (tertiary/aromatic N) is 4. The third-order valence-electron chi connectivity index (χ3n) is 4.58. The van der Waals surface area contributed by atoms with Crippen LogP contribution in [0.5, 0.6) is 0 Å². The summed E-state index contributed by atoms with van der Waals surface area (Å²) in [5.74, 6) is 0.880. The summed E-state index contributed by atoms with van der Waals surface area (Å²) < 4.78 is 5.42. The van der Waals surface area contributed by atoms with Gasteiger partial charge in [-0.05, 0) is 17.7 Å². The summed E-state index contributed by atoms with van der Waals surface area (Å²) in [4.78, 5) is 11.0. The van der Waals surface area contributed by atoms with Gasteiger partial charge in [-0.1, -0.05) is 6.07 Å². The van der Waals surface area contributed by atoms with E-state index in [9.17, 15) is 0 Å². The van der Waals surface area contributed by atoms with Crippen LogP contribution in [-0.4, -0.2) is 59.7 Å². The summed E-state index contributed by atoms with van der Waals surface area (Å²) in [6.07, 6.45) is 4.71. The number of allylic oxidation sites excluding steroid dienone is 1. The first kappa shape index (κ1) is 17.2. The molecule has 3 N–H and O–H groups in total. The lowest BCUT2D eigenvalue weighted by molar-refractivity contribution is 0.122. The molecule has 0 spiro atoms. The minimum Gasteiger partial charge on any atom is -0.393 e. The van der Waals surface area contributed by atoms with Crippen molar-refractivity contribution in [3.63, 3.8) is 0 Å². The summed E-state index contributed by atoms with van der Waals surface area (Å²) in [5.41, 5.74) is 4.20. The fourth-order valence-electron chi connectivity index (χ4n) is 3.19. The standard InChI is InChI=1S/C19H21N7O/c1-21-11-14(10-20)13-2-3-16-15(8-13)19(25-24-16)17-9-18(23-12-22-17)26-4-6-27-7-5-26/h2-3,8-12,20-21H,4-7H2,1H3,(H,24,25)/b14-11+,20-10?. The van der Waals surface area contributed by atoms with Gasteiger partial charge in [0.1, 0.15) is 17.8 Å². The fourth-order valence-corrected chi connectivity index (χ4v) is 3.19. The molecule has 0 amide bonds. The van der Waals surface area contributed by atoms with E-state index in [1.54, 1.807) is 12.5 Å². The second-order valence-electron chi connectivity index (χ2n) is 6.23. The third-order valence-corrected chi connectivity index (χ3v) is 4.58. The Hall–Kier alpha value is -3.26. The molecule has 0 unspecified atom stereocenters. The van der Waals surface area contributed by atoms with Crippen molar-refractivity contribution in [2.45, 2.75) is 0 Å². The van der Waals surface area contributed by atoms with Crippen molar-refractivity contribution < 1.29 is 4.74 Å². The lowest BCUT2D eigenvalue weighted by Gasteiger charge is -2.27. The Labute approximate surface area is 156 Å². The zero-order valence-electron chi connectivity index (χ0n) is 15.1. The van der Waals surface area contributed by atoms with Gasteiger partial charge >= 0.3 is 0 Å². The van der Waals surface area contributed by atoms with Crippen LogP contribution in [0, 0.1) is 5.41 Å². The van der Waals surface area contributed by atoms with Crippen molar-refractivity contribution in [1.29, 1.82) is 5.41 Å². The van der Waals surface area contributed by atoms with Crippen LogP contribution in [0.4, 0.5) is 5.82 Å². The van der Waals surface area contributed by atoms with Crippen LogP contribution >= 0.6 is 0 Å². The van der Waals surface area contributed by atoms with Crippen LogP contribution in [0.25, 0.3) is 27.9 Å². The predicted octanol–water partition coefficient (Wildman–Crippen LogP) is 2.07. The normalized spacial score (nSPS) is 15.1. The Morgan fingerprint density at radius 2 is 2.11 bits per heavy atom. The van der Waals surface area contributed by atoms with E-state index in [4.69, 9.17) is 10.1 Å². The quantitative estimate of drug-likeness (QED) is 0.600. The van der Waals surface area contributed by atoms with Crippen LogP contribution in [0.1, 0.15) is 5.56 Å². The molecule has 8 heteroatoms.